The van der Waals surface area contributed by atoms with Crippen molar-refractivity contribution < 1.29 is 4.79 Å². The monoisotopic (exact) mass is 328 g/mol. The van der Waals surface area contributed by atoms with E-state index in [9.17, 15) is 4.79 Å². The quantitative estimate of drug-likeness (QED) is 0.928. The Morgan fingerprint density at radius 2 is 1.78 bits per heavy atom. The van der Waals surface area contributed by atoms with Gasteiger partial charge in [0.05, 0.1) is 10.6 Å². The van der Waals surface area contributed by atoms with Crippen molar-refractivity contribution in [3.8, 4) is 11.1 Å². The summed E-state index contributed by atoms with van der Waals surface area (Å²) in [4.78, 5) is 14.7. The van der Waals surface area contributed by atoms with Crippen LogP contribution in [0.15, 0.2) is 48.5 Å². The van der Waals surface area contributed by atoms with Crippen LogP contribution in [0.25, 0.3) is 11.1 Å². The van der Waals surface area contributed by atoms with E-state index in [1.807, 2.05) is 60.5 Å². The molecule has 1 aliphatic rings. The van der Waals surface area contributed by atoms with Crippen LogP contribution >= 0.6 is 11.6 Å². The molecule has 0 bridgehead atoms. The lowest BCUT2D eigenvalue weighted by atomic mass is 10.0. The Morgan fingerprint density at radius 3 is 2.48 bits per heavy atom. The Hall–Kier alpha value is -1.84. The van der Waals surface area contributed by atoms with Crippen molar-refractivity contribution in [2.24, 2.45) is 0 Å². The van der Waals surface area contributed by atoms with Crippen molar-refractivity contribution in [2.45, 2.75) is 18.9 Å². The number of nitrogens with zero attached hydrogens (tertiary/aromatic N) is 1. The van der Waals surface area contributed by atoms with E-state index < -0.39 is 0 Å². The van der Waals surface area contributed by atoms with Crippen LogP contribution in [0.3, 0.4) is 0 Å². The largest absolute Gasteiger partial charge is 0.339 e. The lowest BCUT2D eigenvalue weighted by Gasteiger charge is -2.32. The average Bonchev–Trinajstić information content (AvgIpc) is 2.62. The van der Waals surface area contributed by atoms with E-state index in [0.717, 1.165) is 37.1 Å². The molecule has 0 radical (unpaired) electrons. The van der Waals surface area contributed by atoms with Gasteiger partial charge in [0.15, 0.2) is 0 Å². The molecular weight excluding hydrogens is 308 g/mol. The zero-order valence-electron chi connectivity index (χ0n) is 13.3. The Balaban J connectivity index is 1.87. The third kappa shape index (κ3) is 3.57. The smallest absolute Gasteiger partial charge is 0.255 e. The van der Waals surface area contributed by atoms with Crippen molar-refractivity contribution in [2.75, 3.05) is 20.1 Å². The fourth-order valence-electron chi connectivity index (χ4n) is 3.05. The van der Waals surface area contributed by atoms with Gasteiger partial charge in [0.2, 0.25) is 0 Å². The van der Waals surface area contributed by atoms with Gasteiger partial charge in [0, 0.05) is 13.1 Å². The highest BCUT2D eigenvalue weighted by atomic mass is 35.5. The van der Waals surface area contributed by atoms with E-state index in [-0.39, 0.29) is 11.9 Å². The SMILES string of the molecule is CN(C(=O)c1cc(-c2ccccc2)ccc1Cl)C1CCNCC1. The van der Waals surface area contributed by atoms with Crippen LogP contribution in [0.4, 0.5) is 0 Å². The van der Waals surface area contributed by atoms with Gasteiger partial charge in [-0.3, -0.25) is 4.79 Å². The molecule has 3 nitrogen and oxygen atoms in total. The predicted octanol–water partition coefficient (Wildman–Crippen LogP) is 3.83. The molecule has 1 aliphatic heterocycles. The third-order valence-corrected chi connectivity index (χ3v) is 4.81. The van der Waals surface area contributed by atoms with E-state index in [4.69, 9.17) is 11.6 Å². The van der Waals surface area contributed by atoms with Crippen LogP contribution in [0.2, 0.25) is 5.02 Å². The zero-order chi connectivity index (χ0) is 16.2. The number of rotatable bonds is 3. The highest BCUT2D eigenvalue weighted by Crippen LogP contribution is 2.27. The molecule has 2 aromatic carbocycles. The molecule has 1 saturated heterocycles. The number of piperidine rings is 1. The van der Waals surface area contributed by atoms with Crippen LogP contribution < -0.4 is 5.32 Å². The van der Waals surface area contributed by atoms with Gasteiger partial charge in [-0.2, -0.15) is 0 Å². The number of carbonyl (C=O) groups excluding carboxylic acids is 1. The standard InChI is InChI=1S/C19H21ClN2O/c1-22(16-9-11-21-12-10-16)19(23)17-13-15(7-8-18(17)20)14-5-3-2-4-6-14/h2-8,13,16,21H,9-12H2,1H3. The number of benzene rings is 2. The fourth-order valence-corrected chi connectivity index (χ4v) is 3.25. The van der Waals surface area contributed by atoms with Crippen LogP contribution in [0.1, 0.15) is 23.2 Å². The summed E-state index contributed by atoms with van der Waals surface area (Å²) in [6, 6.07) is 16.0. The summed E-state index contributed by atoms with van der Waals surface area (Å²) in [6.45, 7) is 1.92. The van der Waals surface area contributed by atoms with E-state index in [0.29, 0.717) is 10.6 Å². The first kappa shape index (κ1) is 16.0. The molecule has 23 heavy (non-hydrogen) atoms. The van der Waals surface area contributed by atoms with E-state index in [1.165, 1.54) is 0 Å². The van der Waals surface area contributed by atoms with Crippen LogP contribution in [-0.2, 0) is 0 Å². The number of halogens is 1. The molecule has 120 valence electrons. The molecular formula is C19H21ClN2O. The van der Waals surface area contributed by atoms with Gasteiger partial charge < -0.3 is 10.2 Å². The Bertz CT molecular complexity index is 681. The number of hydrogen-bond acceptors (Lipinski definition) is 2. The second-order valence-corrected chi connectivity index (χ2v) is 6.37. The van der Waals surface area contributed by atoms with Gasteiger partial charge in [-0.25, -0.2) is 0 Å². The van der Waals surface area contributed by atoms with Crippen molar-refractivity contribution in [3.05, 3.63) is 59.1 Å². The molecule has 4 heteroatoms. The van der Waals surface area contributed by atoms with E-state index in [1.54, 1.807) is 0 Å². The normalized spacial score (nSPS) is 15.4. The minimum absolute atomic E-state index is 0.000295. The summed E-state index contributed by atoms with van der Waals surface area (Å²) < 4.78 is 0. The lowest BCUT2D eigenvalue weighted by Crippen LogP contribution is -2.44. The maximum absolute atomic E-state index is 12.9. The summed E-state index contributed by atoms with van der Waals surface area (Å²) in [6.07, 6.45) is 1.97. The van der Waals surface area contributed by atoms with Gasteiger partial charge in [0.25, 0.3) is 5.91 Å². The van der Waals surface area contributed by atoms with E-state index in [2.05, 4.69) is 5.32 Å². The maximum atomic E-state index is 12.9. The molecule has 2 aromatic rings. The van der Waals surface area contributed by atoms with E-state index >= 15 is 0 Å². The molecule has 0 saturated carbocycles. The van der Waals surface area contributed by atoms with Crippen molar-refractivity contribution >= 4 is 17.5 Å². The van der Waals surface area contributed by atoms with Crippen molar-refractivity contribution in [1.29, 1.82) is 0 Å². The molecule has 1 amide bonds. The number of carbonyl (C=O) groups is 1. The molecule has 0 unspecified atom stereocenters. The Labute approximate surface area is 142 Å². The zero-order valence-corrected chi connectivity index (χ0v) is 14.0. The highest BCUT2D eigenvalue weighted by molar-refractivity contribution is 6.34. The minimum atomic E-state index is -0.000295. The second-order valence-electron chi connectivity index (χ2n) is 5.96. The maximum Gasteiger partial charge on any atom is 0.255 e. The number of amides is 1. The summed E-state index contributed by atoms with van der Waals surface area (Å²) in [5.74, 6) is -0.000295. The lowest BCUT2D eigenvalue weighted by molar-refractivity contribution is 0.0703. The molecule has 3 rings (SSSR count). The van der Waals surface area contributed by atoms with Gasteiger partial charge in [-0.15, -0.1) is 0 Å². The van der Waals surface area contributed by atoms with Crippen LogP contribution in [0, 0.1) is 0 Å². The Kier molecular flexibility index (Phi) is 4.99. The van der Waals surface area contributed by atoms with Gasteiger partial charge in [-0.05, 0) is 49.2 Å². The fraction of sp³-hybridized carbons (Fsp3) is 0.316. The second kappa shape index (κ2) is 7.16. The predicted molar refractivity (Wildman–Crippen MR) is 94.9 cm³/mol. The number of nitrogens with one attached hydrogen (secondary N) is 1. The first-order valence-electron chi connectivity index (χ1n) is 7.99. The first-order chi connectivity index (χ1) is 11.2. The third-order valence-electron chi connectivity index (χ3n) is 4.48. The topological polar surface area (TPSA) is 32.3 Å². The molecule has 0 atom stereocenters. The molecule has 0 aromatic heterocycles. The van der Waals surface area contributed by atoms with Crippen molar-refractivity contribution in [3.63, 3.8) is 0 Å². The average molecular weight is 329 g/mol. The van der Waals surface area contributed by atoms with Crippen LogP contribution in [-0.4, -0.2) is 37.0 Å². The highest BCUT2D eigenvalue weighted by Gasteiger charge is 2.24. The molecule has 1 fully saturated rings. The summed E-state index contributed by atoms with van der Waals surface area (Å²) >= 11 is 6.30. The summed E-state index contributed by atoms with van der Waals surface area (Å²) in [5.41, 5.74) is 2.67. The van der Waals surface area contributed by atoms with Gasteiger partial charge in [0.1, 0.15) is 0 Å². The number of hydrogen-bond donors (Lipinski definition) is 1. The molecule has 0 aliphatic carbocycles. The minimum Gasteiger partial charge on any atom is -0.339 e. The summed E-state index contributed by atoms with van der Waals surface area (Å²) in [5, 5.41) is 3.84. The molecule has 0 spiro atoms. The molecule has 1 heterocycles. The van der Waals surface area contributed by atoms with Crippen molar-refractivity contribution in [1.82, 2.24) is 10.2 Å². The Morgan fingerprint density at radius 1 is 1.09 bits per heavy atom. The van der Waals surface area contributed by atoms with Gasteiger partial charge in [-0.1, -0.05) is 48.0 Å². The first-order valence-corrected chi connectivity index (χ1v) is 8.37. The van der Waals surface area contributed by atoms with Crippen LogP contribution in [0.5, 0.6) is 0 Å². The summed E-state index contributed by atoms with van der Waals surface area (Å²) in [7, 11) is 1.88. The molecule has 1 N–H and O–H groups in total. The van der Waals surface area contributed by atoms with Gasteiger partial charge >= 0.3 is 0 Å².